The SMILES string of the molecule is CC/C=C\C/C=C\C/C=C\C/C=C\C/C=C\C/C=C\CCCCCCC(=O)OC(COC(=O)CCCCCCCCCCCCCCCCC/C=C\C/C=C\C/C=C\C/C=C\CCCCC)COP(=O)(O)OCC(O)COP(=O)(O)OCC(O)COC(=O)CCCCCCCCCCCCCCCCC/C=C\C/C=C\C/C=C\C/C=C\CCCCC. The van der Waals surface area contributed by atoms with Crippen molar-refractivity contribution in [3.8, 4) is 0 Å². The van der Waals surface area contributed by atoms with Crippen molar-refractivity contribution in [2.24, 2.45) is 0 Å². The van der Waals surface area contributed by atoms with Crippen LogP contribution in [0, 0.1) is 0 Å². The molecule has 694 valence electrons. The lowest BCUT2D eigenvalue weighted by Crippen LogP contribution is -2.30. The first kappa shape index (κ1) is 116. The smallest absolute Gasteiger partial charge is 0.463 e. The number of phosphoric acid groups is 2. The summed E-state index contributed by atoms with van der Waals surface area (Å²) in [5, 5.41) is 20.8. The molecule has 0 heterocycles. The van der Waals surface area contributed by atoms with E-state index in [1.54, 1.807) is 0 Å². The lowest BCUT2D eigenvalue weighted by molar-refractivity contribution is -0.161. The van der Waals surface area contributed by atoms with Gasteiger partial charge in [-0.05, 0) is 161 Å². The first-order valence-electron chi connectivity index (χ1n) is 48.4. The Labute approximate surface area is 739 Å². The van der Waals surface area contributed by atoms with Crippen LogP contribution < -0.4 is 0 Å². The molecule has 0 aromatic rings. The van der Waals surface area contributed by atoms with E-state index in [9.17, 15) is 43.5 Å². The highest BCUT2D eigenvalue weighted by molar-refractivity contribution is 7.47. The van der Waals surface area contributed by atoms with E-state index >= 15 is 0 Å². The molecule has 0 bridgehead atoms. The minimum atomic E-state index is -4.95. The van der Waals surface area contributed by atoms with Crippen molar-refractivity contribution >= 4 is 33.6 Å². The molecule has 0 amide bonds. The van der Waals surface area contributed by atoms with Crippen LogP contribution in [0.5, 0.6) is 0 Å². The molecule has 0 spiro atoms. The Morgan fingerprint density at radius 3 is 0.694 bits per heavy atom. The van der Waals surface area contributed by atoms with Gasteiger partial charge < -0.3 is 34.2 Å². The molecule has 0 radical (unpaired) electrons. The van der Waals surface area contributed by atoms with Crippen LogP contribution in [0.1, 0.15) is 406 Å². The molecule has 16 nitrogen and oxygen atoms in total. The topological polar surface area (TPSA) is 231 Å². The maximum Gasteiger partial charge on any atom is 0.472 e. The number of unbranched alkanes of at least 4 members (excludes halogenated alkanes) is 40. The number of hydrogen-bond acceptors (Lipinski definition) is 14. The third kappa shape index (κ3) is 95.4. The first-order chi connectivity index (χ1) is 59.2. The highest BCUT2D eigenvalue weighted by atomic mass is 31.2. The number of carbonyl (C=O) groups is 3. The number of ether oxygens (including phenoxy) is 3. The van der Waals surface area contributed by atoms with Crippen molar-refractivity contribution in [1.29, 1.82) is 0 Å². The zero-order chi connectivity index (χ0) is 87.9. The van der Waals surface area contributed by atoms with E-state index in [1.165, 1.54) is 199 Å². The largest absolute Gasteiger partial charge is 0.472 e. The lowest BCUT2D eigenvalue weighted by Gasteiger charge is -2.21. The van der Waals surface area contributed by atoms with E-state index in [-0.39, 0.29) is 19.3 Å². The number of aliphatic hydroxyl groups excluding tert-OH is 2. The van der Waals surface area contributed by atoms with Crippen LogP contribution in [0.15, 0.2) is 170 Å². The number of rotatable bonds is 91. The van der Waals surface area contributed by atoms with Crippen molar-refractivity contribution in [1.82, 2.24) is 0 Å². The highest BCUT2D eigenvalue weighted by Gasteiger charge is 2.30. The summed E-state index contributed by atoms with van der Waals surface area (Å²) < 4.78 is 61.5. The Balaban J connectivity index is 4.62. The Morgan fingerprint density at radius 1 is 0.240 bits per heavy atom. The summed E-state index contributed by atoms with van der Waals surface area (Å²) in [5.74, 6) is -1.60. The van der Waals surface area contributed by atoms with E-state index in [4.69, 9.17) is 32.3 Å². The van der Waals surface area contributed by atoms with E-state index in [1.807, 2.05) is 0 Å². The summed E-state index contributed by atoms with van der Waals surface area (Å²) >= 11 is 0. The number of allylic oxidation sites excluding steroid dienone is 28. The molecule has 0 aliphatic heterocycles. The fourth-order valence-electron chi connectivity index (χ4n) is 13.1. The average Bonchev–Trinajstić information content (AvgIpc) is 0.898. The fraction of sp³-hybridized carbons (Fsp3) is 0.699. The molecular weight excluding hydrogens is 1560 g/mol. The monoisotopic (exact) mass is 1730 g/mol. The third-order valence-corrected chi connectivity index (χ3v) is 22.3. The molecule has 0 fully saturated rings. The molecular formula is C103H176O16P2. The number of hydrogen-bond donors (Lipinski definition) is 4. The van der Waals surface area contributed by atoms with Gasteiger partial charge in [0.25, 0.3) is 0 Å². The molecule has 4 N–H and O–H groups in total. The van der Waals surface area contributed by atoms with E-state index in [0.29, 0.717) is 19.3 Å². The predicted octanol–water partition coefficient (Wildman–Crippen LogP) is 30.2. The minimum Gasteiger partial charge on any atom is -0.463 e. The normalized spacial score (nSPS) is 14.5. The van der Waals surface area contributed by atoms with Crippen LogP contribution in [0.3, 0.4) is 0 Å². The number of carbonyl (C=O) groups excluding carboxylic acids is 3. The Kier molecular flexibility index (Phi) is 90.1. The molecule has 0 saturated carbocycles. The Morgan fingerprint density at radius 2 is 0.438 bits per heavy atom. The van der Waals surface area contributed by atoms with E-state index in [2.05, 4.69) is 191 Å². The van der Waals surface area contributed by atoms with Gasteiger partial charge in [0, 0.05) is 19.3 Å². The van der Waals surface area contributed by atoms with Crippen molar-refractivity contribution in [2.45, 2.75) is 424 Å². The van der Waals surface area contributed by atoms with Gasteiger partial charge in [-0.3, -0.25) is 32.5 Å². The van der Waals surface area contributed by atoms with Crippen molar-refractivity contribution in [2.75, 3.05) is 39.6 Å². The van der Waals surface area contributed by atoms with Gasteiger partial charge in [0.1, 0.15) is 25.4 Å². The molecule has 121 heavy (non-hydrogen) atoms. The second-order valence-corrected chi connectivity index (χ2v) is 35.0. The summed E-state index contributed by atoms with van der Waals surface area (Å²) in [6.07, 6.45) is 123. The standard InChI is InChI=1S/C103H176O16P2/c1-4-7-10-13-16-19-22-25-28-31-34-37-40-42-44-46-48-50-52-54-57-59-62-65-68-71-74-77-80-83-86-89-101(106)113-92-98(104)93-115-120(109,110)116-94-99(105)95-117-121(111,112)118-97-100(119-103(108)91-88-85-82-79-76-73-70-67-64-61-56-39-36-33-30-27-24-21-18-15-12-9-6-3)96-114-102(107)90-87-84-81-78-75-72-69-66-63-60-58-55-53-51-49-47-45-43-41-38-35-32-29-26-23-20-17-14-11-8-5-2/h9,12,16-21,25-30,34-39,42-45,61,64,70,73,98-100,104-105H,4-8,10-11,13-15,22-24,31-33,40-41,46-60,62-63,65-69,71-72,74-97H2,1-3H3,(H,109,110)(H,111,112)/b12-9-,19-16-,20-17-,21-18-,28-25-,29-26-,30-27-,37-34-,38-35-,39-36-,44-42-,45-43-,64-61-,73-70-. The summed E-state index contributed by atoms with van der Waals surface area (Å²) in [7, 11) is -9.83. The first-order valence-corrected chi connectivity index (χ1v) is 51.4. The van der Waals surface area contributed by atoms with Crippen LogP contribution in [-0.2, 0) is 55.8 Å². The molecule has 0 saturated heterocycles. The minimum absolute atomic E-state index is 0.0706. The number of aliphatic hydroxyl groups is 2. The Hall–Kier alpha value is -5.09. The maximum atomic E-state index is 13.1. The summed E-state index contributed by atoms with van der Waals surface area (Å²) in [5.41, 5.74) is 0. The quantitative estimate of drug-likeness (QED) is 0.0146. The average molecular weight is 1730 g/mol. The van der Waals surface area contributed by atoms with Crippen LogP contribution in [-0.4, -0.2) is 95.9 Å². The van der Waals surface area contributed by atoms with Crippen LogP contribution in [0.2, 0.25) is 0 Å². The molecule has 0 aromatic carbocycles. The van der Waals surface area contributed by atoms with E-state index < -0.39 is 91.5 Å². The van der Waals surface area contributed by atoms with Gasteiger partial charge in [-0.2, -0.15) is 0 Å². The van der Waals surface area contributed by atoms with Gasteiger partial charge >= 0.3 is 33.6 Å². The summed E-state index contributed by atoms with van der Waals surface area (Å²) in [6.45, 7) is 2.53. The molecule has 18 heteroatoms. The molecule has 0 aromatic heterocycles. The number of phosphoric ester groups is 2. The van der Waals surface area contributed by atoms with Gasteiger partial charge in [0.15, 0.2) is 6.10 Å². The highest BCUT2D eigenvalue weighted by Crippen LogP contribution is 2.45. The number of esters is 3. The molecule has 0 aliphatic carbocycles. The van der Waals surface area contributed by atoms with Gasteiger partial charge in [0.05, 0.1) is 26.4 Å². The van der Waals surface area contributed by atoms with Gasteiger partial charge in [-0.1, -0.05) is 396 Å². The molecule has 0 rings (SSSR count). The van der Waals surface area contributed by atoms with Gasteiger partial charge in [-0.15, -0.1) is 0 Å². The molecule has 5 unspecified atom stereocenters. The summed E-state index contributed by atoms with van der Waals surface area (Å²) in [4.78, 5) is 59.1. The third-order valence-electron chi connectivity index (χ3n) is 20.4. The summed E-state index contributed by atoms with van der Waals surface area (Å²) in [6, 6.07) is 0. The Bertz CT molecular complexity index is 2880. The van der Waals surface area contributed by atoms with Crippen LogP contribution >= 0.6 is 15.6 Å². The lowest BCUT2D eigenvalue weighted by atomic mass is 10.0. The van der Waals surface area contributed by atoms with Crippen LogP contribution in [0.4, 0.5) is 0 Å². The second kappa shape index (κ2) is 94.1. The van der Waals surface area contributed by atoms with Crippen molar-refractivity contribution in [3.63, 3.8) is 0 Å². The maximum absolute atomic E-state index is 13.1. The fourth-order valence-corrected chi connectivity index (χ4v) is 14.7. The van der Waals surface area contributed by atoms with Gasteiger partial charge in [0.2, 0.25) is 0 Å². The van der Waals surface area contributed by atoms with Crippen LogP contribution in [0.25, 0.3) is 0 Å². The predicted molar refractivity (Wildman–Crippen MR) is 509 cm³/mol. The zero-order valence-electron chi connectivity index (χ0n) is 76.6. The van der Waals surface area contributed by atoms with Gasteiger partial charge in [-0.25, -0.2) is 9.13 Å². The van der Waals surface area contributed by atoms with Crippen molar-refractivity contribution < 1.29 is 75.8 Å². The van der Waals surface area contributed by atoms with E-state index in [0.717, 1.165) is 148 Å². The second-order valence-electron chi connectivity index (χ2n) is 32.1. The zero-order valence-corrected chi connectivity index (χ0v) is 78.4. The molecule has 5 atom stereocenters. The molecule has 0 aliphatic rings. The van der Waals surface area contributed by atoms with Crippen molar-refractivity contribution in [3.05, 3.63) is 170 Å².